The Balaban J connectivity index is 1.89. The zero-order valence-corrected chi connectivity index (χ0v) is 12.6. The molecule has 0 saturated carbocycles. The van der Waals surface area contributed by atoms with Gasteiger partial charge < -0.3 is 14.8 Å². The molecule has 5 nitrogen and oxygen atoms in total. The molecule has 1 aliphatic heterocycles. The van der Waals surface area contributed by atoms with Crippen molar-refractivity contribution in [3.8, 4) is 11.4 Å². The highest BCUT2D eigenvalue weighted by molar-refractivity contribution is 5.57. The maximum absolute atomic E-state index is 5.46. The molecule has 0 fully saturated rings. The lowest BCUT2D eigenvalue weighted by Crippen LogP contribution is -2.06. The molecule has 0 saturated heterocycles. The molecule has 3 rings (SSSR count). The van der Waals surface area contributed by atoms with E-state index in [4.69, 9.17) is 14.6 Å². The van der Waals surface area contributed by atoms with Gasteiger partial charge in [-0.15, -0.1) is 0 Å². The Kier molecular flexibility index (Phi) is 4.10. The number of aromatic nitrogens is 2. The molecular weight excluding hydrogens is 266 g/mol. The number of benzene rings is 1. The van der Waals surface area contributed by atoms with Crippen LogP contribution in [0.15, 0.2) is 24.3 Å². The van der Waals surface area contributed by atoms with Crippen LogP contribution in [0.1, 0.15) is 18.2 Å². The van der Waals surface area contributed by atoms with Crippen molar-refractivity contribution in [3.05, 3.63) is 35.5 Å². The van der Waals surface area contributed by atoms with Crippen molar-refractivity contribution in [2.75, 3.05) is 32.2 Å². The van der Waals surface area contributed by atoms with Crippen molar-refractivity contribution in [1.29, 1.82) is 0 Å². The smallest absolute Gasteiger partial charge is 0.133 e. The molecule has 2 aromatic rings. The number of ether oxygens (including phenoxy) is 2. The van der Waals surface area contributed by atoms with E-state index in [9.17, 15) is 0 Å². The minimum atomic E-state index is 0.725. The highest BCUT2D eigenvalue weighted by Crippen LogP contribution is 2.29. The number of rotatable bonds is 6. The van der Waals surface area contributed by atoms with Crippen LogP contribution in [0.25, 0.3) is 5.69 Å². The van der Waals surface area contributed by atoms with Crippen molar-refractivity contribution in [3.63, 3.8) is 0 Å². The van der Waals surface area contributed by atoms with Gasteiger partial charge in [0, 0.05) is 25.1 Å². The van der Waals surface area contributed by atoms with Gasteiger partial charge in [0.25, 0.3) is 0 Å². The predicted molar refractivity (Wildman–Crippen MR) is 82.5 cm³/mol. The van der Waals surface area contributed by atoms with Crippen LogP contribution in [-0.2, 0) is 17.6 Å². The summed E-state index contributed by atoms with van der Waals surface area (Å²) < 4.78 is 12.7. The number of nitrogens with one attached hydrogen (secondary N) is 1. The minimum absolute atomic E-state index is 0.725. The SMILES string of the molecule is CCOCCc1nn(-c2ccc(OC)cc2)c2c1CCN2. The summed E-state index contributed by atoms with van der Waals surface area (Å²) in [5.41, 5.74) is 3.51. The summed E-state index contributed by atoms with van der Waals surface area (Å²) in [6.07, 6.45) is 1.90. The van der Waals surface area contributed by atoms with Crippen molar-refractivity contribution in [2.45, 2.75) is 19.8 Å². The summed E-state index contributed by atoms with van der Waals surface area (Å²) >= 11 is 0. The maximum Gasteiger partial charge on any atom is 0.133 e. The largest absolute Gasteiger partial charge is 0.497 e. The zero-order valence-electron chi connectivity index (χ0n) is 12.6. The summed E-state index contributed by atoms with van der Waals surface area (Å²) in [7, 11) is 1.67. The zero-order chi connectivity index (χ0) is 14.7. The van der Waals surface area contributed by atoms with Gasteiger partial charge in [0.2, 0.25) is 0 Å². The molecule has 0 amide bonds. The lowest BCUT2D eigenvalue weighted by Gasteiger charge is -2.07. The molecule has 1 aromatic carbocycles. The summed E-state index contributed by atoms with van der Waals surface area (Å²) in [4.78, 5) is 0. The van der Waals surface area contributed by atoms with E-state index in [-0.39, 0.29) is 0 Å². The first-order valence-electron chi connectivity index (χ1n) is 7.40. The fraction of sp³-hybridized carbons (Fsp3) is 0.438. The third-order valence-corrected chi connectivity index (χ3v) is 3.74. The van der Waals surface area contributed by atoms with E-state index in [1.165, 1.54) is 5.56 Å². The Morgan fingerprint density at radius 2 is 2.10 bits per heavy atom. The summed E-state index contributed by atoms with van der Waals surface area (Å²) in [5, 5.41) is 8.20. The van der Waals surface area contributed by atoms with Gasteiger partial charge in [-0.1, -0.05) is 0 Å². The first-order valence-corrected chi connectivity index (χ1v) is 7.40. The molecule has 0 atom stereocenters. The van der Waals surface area contributed by atoms with Crippen molar-refractivity contribution in [2.24, 2.45) is 0 Å². The number of hydrogen-bond acceptors (Lipinski definition) is 4. The topological polar surface area (TPSA) is 48.3 Å². The number of anilines is 1. The number of methoxy groups -OCH3 is 1. The van der Waals surface area contributed by atoms with Crippen LogP contribution in [0.4, 0.5) is 5.82 Å². The maximum atomic E-state index is 5.46. The van der Waals surface area contributed by atoms with Crippen molar-refractivity contribution < 1.29 is 9.47 Å². The Morgan fingerprint density at radius 3 is 2.81 bits per heavy atom. The Hall–Kier alpha value is -2.01. The van der Waals surface area contributed by atoms with Gasteiger partial charge in [-0.25, -0.2) is 4.68 Å². The monoisotopic (exact) mass is 287 g/mol. The normalized spacial score (nSPS) is 13.0. The quantitative estimate of drug-likeness (QED) is 0.829. The summed E-state index contributed by atoms with van der Waals surface area (Å²) in [6, 6.07) is 7.97. The van der Waals surface area contributed by atoms with Crippen molar-refractivity contribution in [1.82, 2.24) is 9.78 Å². The van der Waals surface area contributed by atoms with Crippen LogP contribution in [0, 0.1) is 0 Å². The van der Waals surface area contributed by atoms with Gasteiger partial charge >= 0.3 is 0 Å². The molecule has 0 aliphatic carbocycles. The third-order valence-electron chi connectivity index (χ3n) is 3.74. The van der Waals surface area contributed by atoms with Crippen LogP contribution in [0.2, 0.25) is 0 Å². The molecule has 1 aromatic heterocycles. The van der Waals surface area contributed by atoms with Gasteiger partial charge in [0.15, 0.2) is 0 Å². The highest BCUT2D eigenvalue weighted by Gasteiger charge is 2.22. The van der Waals surface area contributed by atoms with Gasteiger partial charge in [0.05, 0.1) is 25.1 Å². The highest BCUT2D eigenvalue weighted by atomic mass is 16.5. The molecule has 21 heavy (non-hydrogen) atoms. The second kappa shape index (κ2) is 6.18. The molecule has 112 valence electrons. The summed E-state index contributed by atoms with van der Waals surface area (Å²) in [6.45, 7) is 4.47. The van der Waals surface area contributed by atoms with Crippen LogP contribution in [-0.4, -0.2) is 36.6 Å². The lowest BCUT2D eigenvalue weighted by atomic mass is 10.1. The second-order valence-electron chi connectivity index (χ2n) is 5.01. The van der Waals surface area contributed by atoms with E-state index in [2.05, 4.69) is 5.32 Å². The Morgan fingerprint density at radius 1 is 1.29 bits per heavy atom. The van der Waals surface area contributed by atoms with E-state index >= 15 is 0 Å². The second-order valence-corrected chi connectivity index (χ2v) is 5.01. The first-order chi connectivity index (χ1) is 10.3. The third kappa shape index (κ3) is 2.74. The number of nitrogens with zero attached hydrogens (tertiary/aromatic N) is 2. The van der Waals surface area contributed by atoms with Gasteiger partial charge in [-0.05, 0) is 37.6 Å². The fourth-order valence-corrected chi connectivity index (χ4v) is 2.67. The van der Waals surface area contributed by atoms with Crippen molar-refractivity contribution >= 4 is 5.82 Å². The molecule has 1 aliphatic rings. The Labute approximate surface area is 124 Å². The fourth-order valence-electron chi connectivity index (χ4n) is 2.67. The standard InChI is InChI=1S/C16H21N3O2/c1-3-21-11-9-15-14-8-10-17-16(14)19(18-15)12-4-6-13(20-2)7-5-12/h4-7,17H,3,8-11H2,1-2H3. The average Bonchev–Trinajstić information content (AvgIpc) is 3.11. The van der Waals surface area contributed by atoms with Crippen LogP contribution < -0.4 is 10.1 Å². The molecule has 0 radical (unpaired) electrons. The number of fused-ring (bicyclic) bond motifs is 1. The summed E-state index contributed by atoms with van der Waals surface area (Å²) in [5.74, 6) is 1.97. The number of hydrogen-bond donors (Lipinski definition) is 1. The van der Waals surface area contributed by atoms with E-state index < -0.39 is 0 Å². The van der Waals surface area contributed by atoms with Crippen LogP contribution in [0.5, 0.6) is 5.75 Å². The molecular formula is C16H21N3O2. The van der Waals surface area contributed by atoms with Gasteiger partial charge in [0.1, 0.15) is 11.6 Å². The molecule has 0 spiro atoms. The van der Waals surface area contributed by atoms with E-state index in [1.807, 2.05) is 35.9 Å². The lowest BCUT2D eigenvalue weighted by molar-refractivity contribution is 0.150. The average molecular weight is 287 g/mol. The minimum Gasteiger partial charge on any atom is -0.497 e. The molecule has 0 unspecified atom stereocenters. The molecule has 2 heterocycles. The van der Waals surface area contributed by atoms with Gasteiger partial charge in [-0.3, -0.25) is 0 Å². The molecule has 5 heteroatoms. The van der Waals surface area contributed by atoms with Crippen LogP contribution >= 0.6 is 0 Å². The van der Waals surface area contributed by atoms with E-state index in [1.54, 1.807) is 7.11 Å². The molecule has 0 bridgehead atoms. The van der Waals surface area contributed by atoms with Gasteiger partial charge in [-0.2, -0.15) is 5.10 Å². The predicted octanol–water partition coefficient (Wildman–Crippen LogP) is 2.43. The van der Waals surface area contributed by atoms with Crippen LogP contribution in [0.3, 0.4) is 0 Å². The van der Waals surface area contributed by atoms with E-state index in [0.717, 1.165) is 55.5 Å². The van der Waals surface area contributed by atoms with E-state index in [0.29, 0.717) is 0 Å². The molecule has 1 N–H and O–H groups in total. The first kappa shape index (κ1) is 13.9. The Bertz CT molecular complexity index is 605.